The number of nitrogens with zero attached hydrogens (tertiary/aromatic N) is 4. The molecular weight excluding hydrogens is 298 g/mol. The number of likely N-dealkylation sites (tertiary alicyclic amines) is 1. The third-order valence-corrected chi connectivity index (χ3v) is 4.80. The van der Waals surface area contributed by atoms with Gasteiger partial charge in [0.25, 0.3) is 0 Å². The number of halogens is 2. The van der Waals surface area contributed by atoms with E-state index in [-0.39, 0.29) is 0 Å². The first-order valence-electron chi connectivity index (χ1n) is 8.26. The van der Waals surface area contributed by atoms with Crippen molar-refractivity contribution in [1.82, 2.24) is 19.7 Å². The molecule has 1 saturated heterocycles. The average molecular weight is 318 g/mol. The van der Waals surface area contributed by atoms with Crippen LogP contribution in [-0.4, -0.2) is 32.8 Å². The lowest BCUT2D eigenvalue weighted by Crippen LogP contribution is -2.35. The van der Waals surface area contributed by atoms with Gasteiger partial charge in [0.05, 0.1) is 0 Å². The van der Waals surface area contributed by atoms with Crippen LogP contribution in [-0.2, 0) is 6.54 Å². The molecule has 4 nitrogen and oxygen atoms in total. The van der Waals surface area contributed by atoms with E-state index in [0.29, 0.717) is 18.5 Å². The Morgan fingerprint density at radius 3 is 2.78 bits per heavy atom. The number of aromatic nitrogens is 3. The molecule has 0 N–H and O–H groups in total. The summed E-state index contributed by atoms with van der Waals surface area (Å²) in [5, 5.41) is 8.44. The number of hydrogen-bond donors (Lipinski definition) is 0. The second kappa shape index (κ2) is 6.00. The second-order valence-corrected chi connectivity index (χ2v) is 6.65. The van der Waals surface area contributed by atoms with E-state index in [0.717, 1.165) is 37.3 Å². The molecule has 122 valence electrons. The number of rotatable bonds is 4. The molecule has 0 radical (unpaired) electrons. The number of benzene rings is 1. The molecule has 1 aliphatic heterocycles. The quantitative estimate of drug-likeness (QED) is 0.867. The van der Waals surface area contributed by atoms with Crippen LogP contribution in [0.4, 0.5) is 8.78 Å². The molecule has 1 aliphatic carbocycles. The van der Waals surface area contributed by atoms with Crippen molar-refractivity contribution >= 4 is 0 Å². The highest BCUT2D eigenvalue weighted by molar-refractivity contribution is 5.18. The molecular formula is C17H20F2N4. The summed E-state index contributed by atoms with van der Waals surface area (Å²) in [6.07, 6.45) is 6.49. The summed E-state index contributed by atoms with van der Waals surface area (Å²) in [7, 11) is 0. The predicted molar refractivity (Wildman–Crippen MR) is 81.9 cm³/mol. The van der Waals surface area contributed by atoms with Gasteiger partial charge >= 0.3 is 0 Å². The van der Waals surface area contributed by atoms with Gasteiger partial charge in [0, 0.05) is 25.0 Å². The maximum atomic E-state index is 13.4. The molecule has 1 aromatic carbocycles. The van der Waals surface area contributed by atoms with Gasteiger partial charge < -0.3 is 4.57 Å². The van der Waals surface area contributed by atoms with Crippen LogP contribution in [0.25, 0.3) is 0 Å². The first-order chi connectivity index (χ1) is 11.2. The second-order valence-electron chi connectivity index (χ2n) is 6.65. The van der Waals surface area contributed by atoms with Gasteiger partial charge in [-0.05, 0) is 49.9 Å². The Morgan fingerprint density at radius 1 is 1.13 bits per heavy atom. The lowest BCUT2D eigenvalue weighted by Gasteiger charge is -2.32. The fourth-order valence-electron chi connectivity index (χ4n) is 3.48. The topological polar surface area (TPSA) is 34.0 Å². The third-order valence-electron chi connectivity index (χ3n) is 4.80. The SMILES string of the molecule is Fc1ccc(CN2CCCC(c3nncn3C3CC3)C2)cc1F. The van der Waals surface area contributed by atoms with E-state index >= 15 is 0 Å². The lowest BCUT2D eigenvalue weighted by atomic mass is 9.96. The molecule has 23 heavy (non-hydrogen) atoms. The van der Waals surface area contributed by atoms with Gasteiger partial charge in [0.15, 0.2) is 11.6 Å². The van der Waals surface area contributed by atoms with Crippen molar-refractivity contribution in [3.8, 4) is 0 Å². The van der Waals surface area contributed by atoms with Gasteiger partial charge in [-0.1, -0.05) is 6.07 Å². The smallest absolute Gasteiger partial charge is 0.159 e. The van der Waals surface area contributed by atoms with Gasteiger partial charge in [-0.2, -0.15) is 0 Å². The van der Waals surface area contributed by atoms with E-state index in [1.807, 2.05) is 6.33 Å². The van der Waals surface area contributed by atoms with Crippen molar-refractivity contribution < 1.29 is 8.78 Å². The van der Waals surface area contributed by atoms with Gasteiger partial charge in [-0.15, -0.1) is 10.2 Å². The normalized spacial score (nSPS) is 22.4. The molecule has 1 atom stereocenters. The summed E-state index contributed by atoms with van der Waals surface area (Å²) in [5.41, 5.74) is 0.813. The Kier molecular flexibility index (Phi) is 3.85. The summed E-state index contributed by atoms with van der Waals surface area (Å²) < 4.78 is 28.6. The Balaban J connectivity index is 1.46. The van der Waals surface area contributed by atoms with Gasteiger partial charge in [-0.25, -0.2) is 8.78 Å². The molecule has 1 saturated carbocycles. The van der Waals surface area contributed by atoms with E-state index in [9.17, 15) is 8.78 Å². The average Bonchev–Trinajstić information content (AvgIpc) is 3.28. The van der Waals surface area contributed by atoms with Crippen molar-refractivity contribution in [1.29, 1.82) is 0 Å². The zero-order valence-corrected chi connectivity index (χ0v) is 13.0. The van der Waals surface area contributed by atoms with Crippen LogP contribution in [0.2, 0.25) is 0 Å². The van der Waals surface area contributed by atoms with Crippen LogP contribution < -0.4 is 0 Å². The summed E-state index contributed by atoms with van der Waals surface area (Å²) in [5.74, 6) is -0.105. The fraction of sp³-hybridized carbons (Fsp3) is 0.529. The minimum absolute atomic E-state index is 0.372. The van der Waals surface area contributed by atoms with Gasteiger partial charge in [0.1, 0.15) is 12.2 Å². The Labute approximate surface area is 134 Å². The highest BCUT2D eigenvalue weighted by Gasteiger charge is 2.31. The summed E-state index contributed by atoms with van der Waals surface area (Å²) in [6.45, 7) is 2.52. The van der Waals surface area contributed by atoms with Crippen molar-refractivity contribution in [3.05, 3.63) is 47.5 Å². The number of hydrogen-bond acceptors (Lipinski definition) is 3. The van der Waals surface area contributed by atoms with E-state index in [4.69, 9.17) is 0 Å². The van der Waals surface area contributed by atoms with Crippen molar-refractivity contribution in [2.75, 3.05) is 13.1 Å². The highest BCUT2D eigenvalue weighted by Crippen LogP contribution is 2.38. The van der Waals surface area contributed by atoms with Crippen LogP contribution in [0.1, 0.15) is 49.0 Å². The minimum Gasteiger partial charge on any atom is -0.314 e. The van der Waals surface area contributed by atoms with Crippen LogP contribution in [0.3, 0.4) is 0 Å². The Morgan fingerprint density at radius 2 is 2.00 bits per heavy atom. The predicted octanol–water partition coefficient (Wildman–Crippen LogP) is 3.27. The first kappa shape index (κ1) is 14.8. The summed E-state index contributed by atoms with van der Waals surface area (Å²) >= 11 is 0. The highest BCUT2D eigenvalue weighted by atomic mass is 19.2. The fourth-order valence-corrected chi connectivity index (χ4v) is 3.48. The number of piperidine rings is 1. The molecule has 0 bridgehead atoms. The van der Waals surface area contributed by atoms with E-state index in [1.165, 1.54) is 25.0 Å². The zero-order chi connectivity index (χ0) is 15.8. The first-order valence-corrected chi connectivity index (χ1v) is 8.26. The molecule has 0 amide bonds. The maximum Gasteiger partial charge on any atom is 0.159 e. The van der Waals surface area contributed by atoms with E-state index < -0.39 is 11.6 Å². The molecule has 2 aliphatic rings. The van der Waals surface area contributed by atoms with Crippen LogP contribution in [0.5, 0.6) is 0 Å². The minimum atomic E-state index is -0.789. The summed E-state index contributed by atoms with van der Waals surface area (Å²) in [6, 6.07) is 4.75. The molecule has 1 unspecified atom stereocenters. The molecule has 2 fully saturated rings. The van der Waals surface area contributed by atoms with Crippen molar-refractivity contribution in [3.63, 3.8) is 0 Å². The zero-order valence-electron chi connectivity index (χ0n) is 13.0. The lowest BCUT2D eigenvalue weighted by molar-refractivity contribution is 0.194. The van der Waals surface area contributed by atoms with Crippen molar-refractivity contribution in [2.45, 2.75) is 44.2 Å². The van der Waals surface area contributed by atoms with Gasteiger partial charge in [0.2, 0.25) is 0 Å². The molecule has 6 heteroatoms. The Hall–Kier alpha value is -1.82. The largest absolute Gasteiger partial charge is 0.314 e. The molecule has 0 spiro atoms. The standard InChI is InChI=1S/C17H20F2N4/c18-15-6-3-12(8-16(15)19)9-22-7-1-2-13(10-22)17-21-20-11-23(17)14-4-5-14/h3,6,8,11,13-14H,1-2,4-5,7,9-10H2. The monoisotopic (exact) mass is 318 g/mol. The molecule has 2 aromatic rings. The molecule has 2 heterocycles. The summed E-state index contributed by atoms with van der Waals surface area (Å²) in [4.78, 5) is 2.30. The van der Waals surface area contributed by atoms with Crippen LogP contribution in [0, 0.1) is 11.6 Å². The maximum absolute atomic E-state index is 13.4. The van der Waals surface area contributed by atoms with Gasteiger partial charge in [-0.3, -0.25) is 4.90 Å². The molecule has 4 rings (SSSR count). The van der Waals surface area contributed by atoms with Crippen molar-refractivity contribution in [2.24, 2.45) is 0 Å². The Bertz CT molecular complexity index is 696. The van der Waals surface area contributed by atoms with E-state index in [2.05, 4.69) is 19.7 Å². The van der Waals surface area contributed by atoms with E-state index in [1.54, 1.807) is 6.07 Å². The molecule has 1 aromatic heterocycles. The van der Waals surface area contributed by atoms with Crippen LogP contribution in [0.15, 0.2) is 24.5 Å². The van der Waals surface area contributed by atoms with Crippen LogP contribution >= 0.6 is 0 Å². The third kappa shape index (κ3) is 3.13.